The van der Waals surface area contributed by atoms with E-state index < -0.39 is 17.5 Å². The largest absolute Gasteiger partial charge is 0.480 e. The summed E-state index contributed by atoms with van der Waals surface area (Å²) in [5.74, 6) is 1.14. The van der Waals surface area contributed by atoms with Gasteiger partial charge in [-0.1, -0.05) is 12.8 Å². The van der Waals surface area contributed by atoms with Gasteiger partial charge in [0.1, 0.15) is 5.54 Å². The lowest BCUT2D eigenvalue weighted by Crippen LogP contribution is -2.54. The number of nitrogens with one attached hydrogen (secondary N) is 2. The summed E-state index contributed by atoms with van der Waals surface area (Å²) in [7, 11) is 0. The van der Waals surface area contributed by atoms with Crippen molar-refractivity contribution in [3.63, 3.8) is 0 Å². The van der Waals surface area contributed by atoms with Crippen molar-refractivity contribution in [1.82, 2.24) is 10.6 Å². The van der Waals surface area contributed by atoms with E-state index in [1.54, 1.807) is 6.92 Å². The van der Waals surface area contributed by atoms with E-state index in [1.165, 1.54) is 6.92 Å². The minimum Gasteiger partial charge on any atom is -0.480 e. The third-order valence-electron chi connectivity index (χ3n) is 1.92. The normalized spacial score (nSPS) is 13.5. The highest BCUT2D eigenvalue weighted by Crippen LogP contribution is 2.08. The number of terminal acetylenes is 1. The molecule has 3 N–H and O–H groups in total. The first-order chi connectivity index (χ1) is 6.46. The number of aliphatic carboxylic acids is 1. The van der Waals surface area contributed by atoms with Crippen LogP contribution in [0.25, 0.3) is 0 Å². The van der Waals surface area contributed by atoms with Crippen molar-refractivity contribution < 1.29 is 14.7 Å². The highest BCUT2D eigenvalue weighted by Gasteiger charge is 2.32. The van der Waals surface area contributed by atoms with E-state index >= 15 is 0 Å². The molecule has 0 aliphatic carbocycles. The topological polar surface area (TPSA) is 78.4 Å². The van der Waals surface area contributed by atoms with Gasteiger partial charge in [0.2, 0.25) is 0 Å². The Hall–Kier alpha value is -1.70. The molecule has 0 saturated heterocycles. The number of carbonyl (C=O) groups excluding carboxylic acids is 1. The molecule has 0 spiro atoms. The van der Waals surface area contributed by atoms with Gasteiger partial charge in [0.25, 0.3) is 0 Å². The Morgan fingerprint density at radius 3 is 2.50 bits per heavy atom. The molecule has 0 aromatic carbocycles. The minimum atomic E-state index is -1.25. The van der Waals surface area contributed by atoms with Crippen LogP contribution in [0.3, 0.4) is 0 Å². The zero-order chi connectivity index (χ0) is 11.2. The summed E-state index contributed by atoms with van der Waals surface area (Å²) in [6.45, 7) is 3.19. The third kappa shape index (κ3) is 3.35. The van der Waals surface area contributed by atoms with E-state index in [-0.39, 0.29) is 6.54 Å². The molecule has 5 heteroatoms. The van der Waals surface area contributed by atoms with Crippen molar-refractivity contribution >= 4 is 12.0 Å². The van der Waals surface area contributed by atoms with Gasteiger partial charge in [-0.3, -0.25) is 0 Å². The average Bonchev–Trinajstić information content (AvgIpc) is 2.14. The van der Waals surface area contributed by atoms with Crippen LogP contribution in [0.2, 0.25) is 0 Å². The molecule has 0 aliphatic rings. The Morgan fingerprint density at radius 2 is 2.14 bits per heavy atom. The molecule has 1 unspecified atom stereocenters. The summed E-state index contributed by atoms with van der Waals surface area (Å²) >= 11 is 0. The highest BCUT2D eigenvalue weighted by atomic mass is 16.4. The number of carboxylic acid groups (broad SMARTS) is 1. The fraction of sp³-hybridized carbons (Fsp3) is 0.556. The Labute approximate surface area is 82.9 Å². The molecular formula is C9H14N2O3. The van der Waals surface area contributed by atoms with Gasteiger partial charge >= 0.3 is 12.0 Å². The summed E-state index contributed by atoms with van der Waals surface area (Å²) in [4.78, 5) is 21.9. The number of carboxylic acids is 1. The number of hydrogen-bond acceptors (Lipinski definition) is 2. The lowest BCUT2D eigenvalue weighted by atomic mass is 10.00. The first-order valence-electron chi connectivity index (χ1n) is 4.19. The van der Waals surface area contributed by atoms with Crippen molar-refractivity contribution in [1.29, 1.82) is 0 Å². The van der Waals surface area contributed by atoms with Gasteiger partial charge in [-0.2, -0.15) is 0 Å². The number of rotatable bonds is 4. The quantitative estimate of drug-likeness (QED) is 0.563. The van der Waals surface area contributed by atoms with E-state index in [2.05, 4.69) is 16.6 Å². The predicted octanol–water partition coefficient (Wildman–Crippen LogP) is 0.172. The number of amides is 2. The van der Waals surface area contributed by atoms with E-state index in [1.807, 2.05) is 0 Å². The fourth-order valence-electron chi connectivity index (χ4n) is 0.719. The average molecular weight is 198 g/mol. The van der Waals surface area contributed by atoms with Gasteiger partial charge in [-0.15, -0.1) is 6.42 Å². The van der Waals surface area contributed by atoms with Crippen LogP contribution in [0.5, 0.6) is 0 Å². The van der Waals surface area contributed by atoms with Crippen LogP contribution < -0.4 is 10.6 Å². The minimum absolute atomic E-state index is 0.0746. The molecule has 0 rings (SSSR count). The molecule has 0 radical (unpaired) electrons. The molecule has 0 saturated carbocycles. The zero-order valence-electron chi connectivity index (χ0n) is 8.26. The van der Waals surface area contributed by atoms with Crippen LogP contribution in [-0.2, 0) is 4.79 Å². The first-order valence-corrected chi connectivity index (χ1v) is 4.19. The van der Waals surface area contributed by atoms with Crippen LogP contribution >= 0.6 is 0 Å². The molecule has 1 atom stereocenters. The van der Waals surface area contributed by atoms with Crippen LogP contribution in [0.4, 0.5) is 4.79 Å². The molecule has 14 heavy (non-hydrogen) atoms. The maximum absolute atomic E-state index is 11.1. The lowest BCUT2D eigenvalue weighted by molar-refractivity contribution is -0.143. The van der Waals surface area contributed by atoms with Crippen LogP contribution in [-0.4, -0.2) is 29.2 Å². The molecule has 78 valence electrons. The molecule has 0 aliphatic heterocycles. The Morgan fingerprint density at radius 1 is 1.57 bits per heavy atom. The monoisotopic (exact) mass is 198 g/mol. The van der Waals surface area contributed by atoms with E-state index in [0.717, 1.165) is 0 Å². The Bertz CT molecular complexity index is 270. The molecule has 5 nitrogen and oxygen atoms in total. The SMILES string of the molecule is C#CCNC(=O)NC(C)(CC)C(=O)O. The Balaban J connectivity index is 4.26. The third-order valence-corrected chi connectivity index (χ3v) is 1.92. The summed E-state index contributed by atoms with van der Waals surface area (Å²) in [6, 6.07) is -0.574. The number of urea groups is 1. The standard InChI is InChI=1S/C9H14N2O3/c1-4-6-10-8(14)11-9(3,5-2)7(12)13/h1H,5-6H2,2-3H3,(H,12,13)(H2,10,11,14). The molecule has 2 amide bonds. The van der Waals surface area contributed by atoms with Gasteiger partial charge in [-0.25, -0.2) is 9.59 Å². The maximum Gasteiger partial charge on any atom is 0.329 e. The number of hydrogen-bond donors (Lipinski definition) is 3. The highest BCUT2D eigenvalue weighted by molar-refractivity contribution is 5.85. The maximum atomic E-state index is 11.1. The lowest BCUT2D eigenvalue weighted by Gasteiger charge is -2.24. The molecule has 0 aromatic rings. The van der Waals surface area contributed by atoms with Crippen LogP contribution in [0, 0.1) is 12.3 Å². The summed E-state index contributed by atoms with van der Waals surface area (Å²) in [5, 5.41) is 13.5. The van der Waals surface area contributed by atoms with Crippen molar-refractivity contribution in [2.75, 3.05) is 6.54 Å². The van der Waals surface area contributed by atoms with Crippen molar-refractivity contribution in [3.8, 4) is 12.3 Å². The molecule has 0 fully saturated rings. The summed E-state index contributed by atoms with van der Waals surface area (Å²) < 4.78 is 0. The summed E-state index contributed by atoms with van der Waals surface area (Å²) in [6.07, 6.45) is 5.22. The van der Waals surface area contributed by atoms with Crippen LogP contribution in [0.1, 0.15) is 20.3 Å². The first kappa shape index (κ1) is 12.3. The van der Waals surface area contributed by atoms with E-state index in [9.17, 15) is 9.59 Å². The second kappa shape index (κ2) is 5.12. The zero-order valence-corrected chi connectivity index (χ0v) is 8.26. The molecule has 0 bridgehead atoms. The number of carbonyl (C=O) groups is 2. The van der Waals surface area contributed by atoms with E-state index in [4.69, 9.17) is 11.5 Å². The Kier molecular flexibility index (Phi) is 4.50. The fourth-order valence-corrected chi connectivity index (χ4v) is 0.719. The van der Waals surface area contributed by atoms with Gasteiger partial charge in [0.05, 0.1) is 6.54 Å². The van der Waals surface area contributed by atoms with Gasteiger partial charge < -0.3 is 15.7 Å². The smallest absolute Gasteiger partial charge is 0.329 e. The van der Waals surface area contributed by atoms with Crippen LogP contribution in [0.15, 0.2) is 0 Å². The second-order valence-electron chi connectivity index (χ2n) is 3.00. The van der Waals surface area contributed by atoms with Crippen molar-refractivity contribution in [3.05, 3.63) is 0 Å². The van der Waals surface area contributed by atoms with E-state index in [0.29, 0.717) is 6.42 Å². The van der Waals surface area contributed by atoms with Crippen molar-refractivity contribution in [2.45, 2.75) is 25.8 Å². The van der Waals surface area contributed by atoms with Gasteiger partial charge in [0.15, 0.2) is 0 Å². The van der Waals surface area contributed by atoms with Gasteiger partial charge in [-0.05, 0) is 13.3 Å². The molecule has 0 heterocycles. The molecular weight excluding hydrogens is 184 g/mol. The van der Waals surface area contributed by atoms with Crippen molar-refractivity contribution in [2.24, 2.45) is 0 Å². The second-order valence-corrected chi connectivity index (χ2v) is 3.00. The molecule has 0 aromatic heterocycles. The predicted molar refractivity (Wildman–Crippen MR) is 51.7 cm³/mol. The van der Waals surface area contributed by atoms with Gasteiger partial charge in [0, 0.05) is 0 Å². The summed E-state index contributed by atoms with van der Waals surface area (Å²) in [5.41, 5.74) is -1.25.